The van der Waals surface area contributed by atoms with Crippen LogP contribution in [0.1, 0.15) is 26.3 Å². The van der Waals surface area contributed by atoms with Crippen LogP contribution in [0.15, 0.2) is 18.2 Å². The van der Waals surface area contributed by atoms with Gasteiger partial charge in [0.15, 0.2) is 0 Å². The Hall–Kier alpha value is -1.30. The number of nitrogens with one attached hydrogen (secondary N) is 2. The Labute approximate surface area is 143 Å². The highest BCUT2D eigenvalue weighted by molar-refractivity contribution is 6.31. The van der Waals surface area contributed by atoms with Gasteiger partial charge in [-0.3, -0.25) is 4.90 Å². The molecular formula is C17H26ClN3O2. The molecule has 1 aliphatic heterocycles. The van der Waals surface area contributed by atoms with Crippen molar-refractivity contribution < 1.29 is 9.53 Å². The number of nitrogens with zero attached hydrogens (tertiary/aromatic N) is 1. The van der Waals surface area contributed by atoms with E-state index in [0.29, 0.717) is 17.3 Å². The number of carbonyl (C=O) groups excluding carboxylic acids is 1. The zero-order valence-electron chi connectivity index (χ0n) is 14.1. The third kappa shape index (κ3) is 6.37. The summed E-state index contributed by atoms with van der Waals surface area (Å²) in [6.45, 7) is 11.0. The van der Waals surface area contributed by atoms with E-state index in [9.17, 15) is 4.79 Å². The van der Waals surface area contributed by atoms with Gasteiger partial charge in [0.25, 0.3) is 0 Å². The van der Waals surface area contributed by atoms with E-state index in [2.05, 4.69) is 36.3 Å². The van der Waals surface area contributed by atoms with Crippen LogP contribution in [0.2, 0.25) is 5.02 Å². The van der Waals surface area contributed by atoms with Crippen LogP contribution in [0, 0.1) is 5.41 Å². The van der Waals surface area contributed by atoms with Crippen molar-refractivity contribution in [3.05, 3.63) is 28.8 Å². The third-order valence-electron chi connectivity index (χ3n) is 3.59. The van der Waals surface area contributed by atoms with E-state index >= 15 is 0 Å². The normalized spacial score (nSPS) is 16.2. The molecule has 2 N–H and O–H groups in total. The van der Waals surface area contributed by atoms with Crippen molar-refractivity contribution in [2.75, 3.05) is 38.2 Å². The van der Waals surface area contributed by atoms with Crippen LogP contribution < -0.4 is 10.6 Å². The highest BCUT2D eigenvalue weighted by atomic mass is 35.5. The molecule has 0 unspecified atom stereocenters. The van der Waals surface area contributed by atoms with Gasteiger partial charge in [0.1, 0.15) is 0 Å². The Morgan fingerprint density at radius 2 is 2.00 bits per heavy atom. The molecule has 0 atom stereocenters. The molecular weight excluding hydrogens is 314 g/mol. The van der Waals surface area contributed by atoms with Crippen LogP contribution in [-0.2, 0) is 11.3 Å². The van der Waals surface area contributed by atoms with E-state index in [1.807, 2.05) is 12.1 Å². The van der Waals surface area contributed by atoms with Crippen molar-refractivity contribution in [2.45, 2.75) is 27.3 Å². The van der Waals surface area contributed by atoms with Crippen LogP contribution in [0.3, 0.4) is 0 Å². The molecule has 23 heavy (non-hydrogen) atoms. The highest BCUT2D eigenvalue weighted by Gasteiger charge is 2.14. The molecule has 1 saturated heterocycles. The lowest BCUT2D eigenvalue weighted by molar-refractivity contribution is 0.0342. The molecule has 0 spiro atoms. The second kappa shape index (κ2) is 7.99. The summed E-state index contributed by atoms with van der Waals surface area (Å²) < 4.78 is 5.35. The van der Waals surface area contributed by atoms with Crippen LogP contribution in [0.4, 0.5) is 10.5 Å². The molecule has 0 bridgehead atoms. The number of ether oxygens (including phenoxy) is 1. The number of urea groups is 1. The summed E-state index contributed by atoms with van der Waals surface area (Å²) in [6.07, 6.45) is 0. The van der Waals surface area contributed by atoms with Crippen molar-refractivity contribution in [3.8, 4) is 0 Å². The molecule has 0 aliphatic carbocycles. The average Bonchev–Trinajstić information content (AvgIpc) is 2.48. The quantitative estimate of drug-likeness (QED) is 0.884. The molecule has 0 radical (unpaired) electrons. The lowest BCUT2D eigenvalue weighted by Crippen LogP contribution is -2.36. The van der Waals surface area contributed by atoms with Gasteiger partial charge in [0.05, 0.1) is 13.2 Å². The molecule has 128 valence electrons. The smallest absolute Gasteiger partial charge is 0.319 e. The molecule has 1 fully saturated rings. The molecule has 1 aromatic rings. The summed E-state index contributed by atoms with van der Waals surface area (Å²) in [5.41, 5.74) is 1.82. The van der Waals surface area contributed by atoms with Gasteiger partial charge < -0.3 is 15.4 Å². The lowest BCUT2D eigenvalue weighted by Gasteiger charge is -2.27. The van der Waals surface area contributed by atoms with Gasteiger partial charge in [0.2, 0.25) is 0 Å². The summed E-state index contributed by atoms with van der Waals surface area (Å²) in [5, 5.41) is 6.35. The first-order chi connectivity index (χ1) is 10.8. The highest BCUT2D eigenvalue weighted by Crippen LogP contribution is 2.23. The van der Waals surface area contributed by atoms with Gasteiger partial charge in [-0.1, -0.05) is 38.4 Å². The number of benzene rings is 1. The average molecular weight is 340 g/mol. The van der Waals surface area contributed by atoms with Crippen molar-refractivity contribution in [1.29, 1.82) is 0 Å². The summed E-state index contributed by atoms with van der Waals surface area (Å²) in [5.74, 6) is 0. The molecule has 6 heteroatoms. The first-order valence-electron chi connectivity index (χ1n) is 7.97. The predicted molar refractivity (Wildman–Crippen MR) is 94.0 cm³/mol. The zero-order chi connectivity index (χ0) is 16.9. The SMILES string of the molecule is CC(C)(C)CNC(=O)Nc1ccc(CN2CCOCC2)c(Cl)c1. The second-order valence-electron chi connectivity index (χ2n) is 7.06. The van der Waals surface area contributed by atoms with Gasteiger partial charge >= 0.3 is 6.03 Å². The van der Waals surface area contributed by atoms with Crippen LogP contribution in [0.25, 0.3) is 0 Å². The molecule has 1 aromatic carbocycles. The zero-order valence-corrected chi connectivity index (χ0v) is 14.9. The van der Waals surface area contributed by atoms with E-state index in [0.717, 1.165) is 38.4 Å². The minimum atomic E-state index is -0.211. The van der Waals surface area contributed by atoms with Gasteiger partial charge in [-0.05, 0) is 23.1 Å². The fourth-order valence-electron chi connectivity index (χ4n) is 2.27. The van der Waals surface area contributed by atoms with Gasteiger partial charge in [-0.25, -0.2) is 4.79 Å². The molecule has 2 rings (SSSR count). The number of hydrogen-bond acceptors (Lipinski definition) is 3. The standard InChI is InChI=1S/C17H26ClN3O2/c1-17(2,3)12-19-16(22)20-14-5-4-13(15(18)10-14)11-21-6-8-23-9-7-21/h4-5,10H,6-9,11-12H2,1-3H3,(H2,19,20,22). The number of morpholine rings is 1. The summed E-state index contributed by atoms with van der Waals surface area (Å²) in [6, 6.07) is 5.45. The Bertz CT molecular complexity index is 537. The van der Waals surface area contributed by atoms with Crippen LogP contribution >= 0.6 is 11.6 Å². The first kappa shape index (κ1) is 18.0. The predicted octanol–water partition coefficient (Wildman–Crippen LogP) is 3.34. The minimum absolute atomic E-state index is 0.0526. The van der Waals surface area contributed by atoms with E-state index in [4.69, 9.17) is 16.3 Å². The van der Waals surface area contributed by atoms with E-state index in [1.54, 1.807) is 6.07 Å². The topological polar surface area (TPSA) is 53.6 Å². The Balaban J connectivity index is 1.89. The lowest BCUT2D eigenvalue weighted by atomic mass is 9.97. The largest absolute Gasteiger partial charge is 0.379 e. The number of halogens is 1. The number of hydrogen-bond donors (Lipinski definition) is 2. The molecule has 1 aliphatic rings. The second-order valence-corrected chi connectivity index (χ2v) is 7.47. The summed E-state index contributed by atoms with van der Waals surface area (Å²) in [4.78, 5) is 14.2. The van der Waals surface area contributed by atoms with Crippen molar-refractivity contribution in [2.24, 2.45) is 5.41 Å². The fourth-order valence-corrected chi connectivity index (χ4v) is 2.51. The molecule has 0 saturated carbocycles. The van der Waals surface area contributed by atoms with E-state index < -0.39 is 0 Å². The minimum Gasteiger partial charge on any atom is -0.379 e. The van der Waals surface area contributed by atoms with Crippen LogP contribution in [-0.4, -0.2) is 43.8 Å². The summed E-state index contributed by atoms with van der Waals surface area (Å²) in [7, 11) is 0. The Morgan fingerprint density at radius 3 is 2.61 bits per heavy atom. The molecule has 1 heterocycles. The van der Waals surface area contributed by atoms with Gasteiger partial charge in [-0.2, -0.15) is 0 Å². The molecule has 0 aromatic heterocycles. The van der Waals surface area contributed by atoms with Gasteiger partial charge in [-0.15, -0.1) is 0 Å². The number of carbonyl (C=O) groups is 1. The molecule has 5 nitrogen and oxygen atoms in total. The van der Waals surface area contributed by atoms with Gasteiger partial charge in [0, 0.05) is 36.9 Å². The summed E-state index contributed by atoms with van der Waals surface area (Å²) >= 11 is 6.35. The van der Waals surface area contributed by atoms with Crippen molar-refractivity contribution in [1.82, 2.24) is 10.2 Å². The number of rotatable bonds is 4. The first-order valence-corrected chi connectivity index (χ1v) is 8.35. The number of anilines is 1. The number of amides is 2. The van der Waals surface area contributed by atoms with Crippen molar-refractivity contribution >= 4 is 23.3 Å². The monoisotopic (exact) mass is 339 g/mol. The fraction of sp³-hybridized carbons (Fsp3) is 0.588. The maximum Gasteiger partial charge on any atom is 0.319 e. The van der Waals surface area contributed by atoms with E-state index in [1.165, 1.54) is 0 Å². The maximum absolute atomic E-state index is 11.9. The van der Waals surface area contributed by atoms with Crippen LogP contribution in [0.5, 0.6) is 0 Å². The van der Waals surface area contributed by atoms with E-state index in [-0.39, 0.29) is 11.4 Å². The molecule has 2 amide bonds. The third-order valence-corrected chi connectivity index (χ3v) is 3.94. The Morgan fingerprint density at radius 1 is 1.30 bits per heavy atom. The Kier molecular flexibility index (Phi) is 6.27. The maximum atomic E-state index is 11.9. The van der Waals surface area contributed by atoms with Crippen molar-refractivity contribution in [3.63, 3.8) is 0 Å².